The first-order chi connectivity index (χ1) is 9.28. The van der Waals surface area contributed by atoms with Gasteiger partial charge in [0.25, 0.3) is 5.91 Å². The van der Waals surface area contributed by atoms with Crippen molar-refractivity contribution in [2.45, 2.75) is 50.4 Å². The fourth-order valence-electron chi connectivity index (χ4n) is 3.32. The third kappa shape index (κ3) is 2.78. The molecule has 5 nitrogen and oxygen atoms in total. The average Bonchev–Trinajstić information content (AvgIpc) is 2.85. The van der Waals surface area contributed by atoms with Gasteiger partial charge in [-0.25, -0.2) is 0 Å². The molecule has 0 bridgehead atoms. The summed E-state index contributed by atoms with van der Waals surface area (Å²) >= 11 is 0. The molecule has 3 fully saturated rings. The summed E-state index contributed by atoms with van der Waals surface area (Å²) in [6.07, 6.45) is 5.68. The van der Waals surface area contributed by atoms with Crippen LogP contribution < -0.4 is 5.73 Å². The van der Waals surface area contributed by atoms with Gasteiger partial charge in [0.1, 0.15) is 6.10 Å². The van der Waals surface area contributed by atoms with Gasteiger partial charge in [0, 0.05) is 38.8 Å². The summed E-state index contributed by atoms with van der Waals surface area (Å²) in [5.41, 5.74) is 5.59. The van der Waals surface area contributed by atoms with Crippen molar-refractivity contribution in [1.29, 1.82) is 0 Å². The van der Waals surface area contributed by atoms with E-state index in [9.17, 15) is 4.79 Å². The van der Waals surface area contributed by atoms with Crippen molar-refractivity contribution >= 4 is 5.91 Å². The molecule has 0 aromatic rings. The molecule has 3 aliphatic rings. The summed E-state index contributed by atoms with van der Waals surface area (Å²) in [7, 11) is 0. The van der Waals surface area contributed by atoms with E-state index >= 15 is 0 Å². The van der Waals surface area contributed by atoms with Crippen molar-refractivity contribution in [1.82, 2.24) is 9.80 Å². The predicted molar refractivity (Wildman–Crippen MR) is 72.7 cm³/mol. The molecule has 19 heavy (non-hydrogen) atoms. The molecule has 2 saturated heterocycles. The first-order valence-corrected chi connectivity index (χ1v) is 7.66. The van der Waals surface area contributed by atoms with Crippen molar-refractivity contribution in [2.24, 2.45) is 5.73 Å². The number of nitrogens with zero attached hydrogens (tertiary/aromatic N) is 2. The Bertz CT molecular complexity index is 325. The Morgan fingerprint density at radius 2 is 1.84 bits per heavy atom. The number of hydrogen-bond acceptors (Lipinski definition) is 4. The minimum atomic E-state index is -0.233. The van der Waals surface area contributed by atoms with Crippen LogP contribution in [0.5, 0.6) is 0 Å². The Morgan fingerprint density at radius 1 is 1.11 bits per heavy atom. The van der Waals surface area contributed by atoms with Crippen LogP contribution in [0.15, 0.2) is 0 Å². The van der Waals surface area contributed by atoms with E-state index in [0.29, 0.717) is 6.54 Å². The standard InChI is InChI=1S/C14H25N3O2/c15-10-12-4-5-13(19-12)14(18)17-8-6-16(7-9-17)11-2-1-3-11/h11-13H,1-10,15H2/t12-,13+/m1/s1. The lowest BCUT2D eigenvalue weighted by atomic mass is 9.91. The molecule has 2 N–H and O–H groups in total. The molecule has 0 radical (unpaired) electrons. The summed E-state index contributed by atoms with van der Waals surface area (Å²) < 4.78 is 5.70. The van der Waals surface area contributed by atoms with Crippen molar-refractivity contribution in [3.05, 3.63) is 0 Å². The summed E-state index contributed by atoms with van der Waals surface area (Å²) in [6, 6.07) is 0.793. The molecule has 0 spiro atoms. The van der Waals surface area contributed by atoms with Gasteiger partial charge in [0.2, 0.25) is 0 Å². The number of ether oxygens (including phenoxy) is 1. The molecular weight excluding hydrogens is 242 g/mol. The fourth-order valence-corrected chi connectivity index (χ4v) is 3.32. The van der Waals surface area contributed by atoms with E-state index < -0.39 is 0 Å². The van der Waals surface area contributed by atoms with E-state index in [2.05, 4.69) is 4.90 Å². The van der Waals surface area contributed by atoms with Crippen LogP contribution in [0.2, 0.25) is 0 Å². The Morgan fingerprint density at radius 3 is 2.37 bits per heavy atom. The first-order valence-electron chi connectivity index (χ1n) is 7.66. The van der Waals surface area contributed by atoms with E-state index in [4.69, 9.17) is 10.5 Å². The van der Waals surface area contributed by atoms with Gasteiger partial charge in [-0.05, 0) is 25.7 Å². The van der Waals surface area contributed by atoms with Crippen LogP contribution in [0.1, 0.15) is 32.1 Å². The lowest BCUT2D eigenvalue weighted by Crippen LogP contribution is -2.55. The molecule has 2 aliphatic heterocycles. The number of rotatable bonds is 3. The van der Waals surface area contributed by atoms with Crippen LogP contribution >= 0.6 is 0 Å². The van der Waals surface area contributed by atoms with Crippen LogP contribution in [0.3, 0.4) is 0 Å². The summed E-state index contributed by atoms with van der Waals surface area (Å²) in [4.78, 5) is 16.9. The third-order valence-electron chi connectivity index (χ3n) is 4.86. The smallest absolute Gasteiger partial charge is 0.251 e. The van der Waals surface area contributed by atoms with E-state index in [1.54, 1.807) is 0 Å². The lowest BCUT2D eigenvalue weighted by molar-refractivity contribution is -0.145. The zero-order valence-electron chi connectivity index (χ0n) is 11.6. The zero-order chi connectivity index (χ0) is 13.2. The van der Waals surface area contributed by atoms with Crippen LogP contribution in [0, 0.1) is 0 Å². The molecule has 0 aromatic carbocycles. The molecule has 5 heteroatoms. The minimum Gasteiger partial charge on any atom is -0.364 e. The second-order valence-electron chi connectivity index (χ2n) is 6.01. The highest BCUT2D eigenvalue weighted by Crippen LogP contribution is 2.26. The van der Waals surface area contributed by atoms with Crippen LogP contribution in [-0.4, -0.2) is 66.7 Å². The van der Waals surface area contributed by atoms with Crippen molar-refractivity contribution in [3.63, 3.8) is 0 Å². The molecule has 3 rings (SSSR count). The molecule has 1 saturated carbocycles. The first kappa shape index (κ1) is 13.3. The van der Waals surface area contributed by atoms with Gasteiger partial charge in [-0.1, -0.05) is 6.42 Å². The van der Waals surface area contributed by atoms with Crippen molar-refractivity contribution < 1.29 is 9.53 Å². The Hall–Kier alpha value is -0.650. The normalized spacial score (nSPS) is 33.4. The average molecular weight is 267 g/mol. The summed E-state index contributed by atoms with van der Waals surface area (Å²) in [6.45, 7) is 4.32. The van der Waals surface area contributed by atoms with Crippen molar-refractivity contribution in [3.8, 4) is 0 Å². The van der Waals surface area contributed by atoms with E-state index in [1.807, 2.05) is 4.90 Å². The largest absolute Gasteiger partial charge is 0.364 e. The highest BCUT2D eigenvalue weighted by atomic mass is 16.5. The lowest BCUT2D eigenvalue weighted by Gasteiger charge is -2.43. The maximum absolute atomic E-state index is 12.4. The zero-order valence-corrected chi connectivity index (χ0v) is 11.6. The van der Waals surface area contributed by atoms with Gasteiger partial charge in [-0.15, -0.1) is 0 Å². The molecule has 2 heterocycles. The SMILES string of the molecule is NC[C@H]1CC[C@@H](C(=O)N2CCN(C3CCC3)CC2)O1. The molecule has 0 unspecified atom stereocenters. The number of piperazine rings is 1. The number of carbonyl (C=O) groups excluding carboxylic acids is 1. The van der Waals surface area contributed by atoms with Gasteiger partial charge >= 0.3 is 0 Å². The van der Waals surface area contributed by atoms with Crippen LogP contribution in [-0.2, 0) is 9.53 Å². The maximum Gasteiger partial charge on any atom is 0.251 e. The van der Waals surface area contributed by atoms with E-state index in [1.165, 1.54) is 19.3 Å². The Kier molecular flexibility index (Phi) is 4.05. The number of hydrogen-bond donors (Lipinski definition) is 1. The summed E-state index contributed by atoms with van der Waals surface area (Å²) in [5.74, 6) is 0.184. The van der Waals surface area contributed by atoms with E-state index in [0.717, 1.165) is 45.1 Å². The van der Waals surface area contributed by atoms with Crippen LogP contribution in [0.4, 0.5) is 0 Å². The topological polar surface area (TPSA) is 58.8 Å². The Balaban J connectivity index is 1.46. The highest BCUT2D eigenvalue weighted by Gasteiger charge is 2.35. The highest BCUT2D eigenvalue weighted by molar-refractivity contribution is 5.81. The number of nitrogens with two attached hydrogens (primary N) is 1. The quantitative estimate of drug-likeness (QED) is 0.793. The van der Waals surface area contributed by atoms with Gasteiger partial charge in [0.05, 0.1) is 6.10 Å². The fraction of sp³-hybridized carbons (Fsp3) is 0.929. The maximum atomic E-state index is 12.4. The molecule has 0 aromatic heterocycles. The Labute approximate surface area is 115 Å². The van der Waals surface area contributed by atoms with Gasteiger partial charge in [0.15, 0.2) is 0 Å². The second kappa shape index (κ2) is 5.77. The van der Waals surface area contributed by atoms with Crippen molar-refractivity contribution in [2.75, 3.05) is 32.7 Å². The molecule has 1 amide bonds. The monoisotopic (exact) mass is 267 g/mol. The molecule has 1 aliphatic carbocycles. The molecular formula is C14H25N3O2. The van der Waals surface area contributed by atoms with Gasteiger partial charge in [-0.2, -0.15) is 0 Å². The van der Waals surface area contributed by atoms with Crippen LogP contribution in [0.25, 0.3) is 0 Å². The van der Waals surface area contributed by atoms with Gasteiger partial charge < -0.3 is 15.4 Å². The third-order valence-corrected chi connectivity index (χ3v) is 4.86. The summed E-state index contributed by atoms with van der Waals surface area (Å²) in [5, 5.41) is 0. The second-order valence-corrected chi connectivity index (χ2v) is 6.01. The van der Waals surface area contributed by atoms with E-state index in [-0.39, 0.29) is 18.1 Å². The minimum absolute atomic E-state index is 0.0882. The van der Waals surface area contributed by atoms with Gasteiger partial charge in [-0.3, -0.25) is 9.69 Å². The molecule has 2 atom stereocenters. The molecule has 108 valence electrons. The predicted octanol–water partition coefficient (Wildman–Crippen LogP) is 0.189. The number of amides is 1. The number of carbonyl (C=O) groups is 1.